The first-order valence-corrected chi connectivity index (χ1v) is 6.54. The first-order valence-electron chi connectivity index (χ1n) is 6.54. The van der Waals surface area contributed by atoms with Gasteiger partial charge in [-0.3, -0.25) is 0 Å². The van der Waals surface area contributed by atoms with E-state index in [1.807, 2.05) is 0 Å². The third kappa shape index (κ3) is 3.25. The fraction of sp³-hybridized carbons (Fsp3) is 0.533. The summed E-state index contributed by atoms with van der Waals surface area (Å²) in [7, 11) is 0. The number of benzene rings is 1. The van der Waals surface area contributed by atoms with E-state index in [2.05, 4.69) is 13.8 Å². The highest BCUT2D eigenvalue weighted by atomic mass is 16.5. The zero-order valence-corrected chi connectivity index (χ0v) is 10.9. The molecular formula is C15H20O3. The van der Waals surface area contributed by atoms with Crippen molar-refractivity contribution in [2.45, 2.75) is 39.2 Å². The monoisotopic (exact) mass is 248 g/mol. The van der Waals surface area contributed by atoms with Crippen LogP contribution in [0.1, 0.15) is 43.5 Å². The molecule has 0 bridgehead atoms. The Morgan fingerprint density at radius 3 is 2.17 bits per heavy atom. The minimum atomic E-state index is -0.901. The minimum absolute atomic E-state index is 0.263. The summed E-state index contributed by atoms with van der Waals surface area (Å²) in [6.07, 6.45) is 3.72. The minimum Gasteiger partial charge on any atom is -0.490 e. The van der Waals surface area contributed by atoms with E-state index in [1.54, 1.807) is 24.3 Å². The Labute approximate surface area is 108 Å². The average Bonchev–Trinajstić information content (AvgIpc) is 2.28. The lowest BCUT2D eigenvalue weighted by atomic mass is 9.82. The second kappa shape index (κ2) is 5.42. The summed E-state index contributed by atoms with van der Waals surface area (Å²) < 4.78 is 5.94. The Hall–Kier alpha value is -1.51. The van der Waals surface area contributed by atoms with Gasteiger partial charge in [-0.2, -0.15) is 0 Å². The Morgan fingerprint density at radius 2 is 1.67 bits per heavy atom. The maximum atomic E-state index is 10.7. The number of rotatable bonds is 3. The number of aromatic carboxylic acids is 1. The summed E-state index contributed by atoms with van der Waals surface area (Å²) in [6, 6.07) is 6.67. The molecule has 0 heterocycles. The normalized spacial score (nSPS) is 27.8. The lowest BCUT2D eigenvalue weighted by Crippen LogP contribution is -2.28. The van der Waals surface area contributed by atoms with Crippen molar-refractivity contribution in [3.8, 4) is 5.75 Å². The first kappa shape index (κ1) is 12.9. The van der Waals surface area contributed by atoms with Gasteiger partial charge in [-0.1, -0.05) is 13.8 Å². The van der Waals surface area contributed by atoms with E-state index in [1.165, 1.54) is 6.42 Å². The molecule has 3 nitrogen and oxygen atoms in total. The summed E-state index contributed by atoms with van der Waals surface area (Å²) in [4.78, 5) is 10.7. The van der Waals surface area contributed by atoms with Gasteiger partial charge in [0.2, 0.25) is 0 Å². The Bertz CT molecular complexity index is 400. The maximum Gasteiger partial charge on any atom is 0.335 e. The molecule has 0 radical (unpaired) electrons. The van der Waals surface area contributed by atoms with E-state index in [9.17, 15) is 4.79 Å². The summed E-state index contributed by atoms with van der Waals surface area (Å²) in [5.41, 5.74) is 0.299. The molecule has 18 heavy (non-hydrogen) atoms. The molecule has 0 spiro atoms. The van der Waals surface area contributed by atoms with Gasteiger partial charge >= 0.3 is 5.97 Å². The van der Waals surface area contributed by atoms with Gasteiger partial charge in [-0.05, 0) is 55.4 Å². The standard InChI is InChI=1S/C15H20O3/c1-10-7-11(2)9-14(8-10)18-13-5-3-12(4-6-13)15(16)17/h3-6,10-11,14H,7-9H2,1-2H3,(H,16,17). The van der Waals surface area contributed by atoms with Gasteiger partial charge < -0.3 is 9.84 Å². The van der Waals surface area contributed by atoms with Crippen molar-refractivity contribution < 1.29 is 14.6 Å². The largest absolute Gasteiger partial charge is 0.490 e. The Balaban J connectivity index is 1.98. The third-order valence-corrected chi connectivity index (χ3v) is 3.54. The quantitative estimate of drug-likeness (QED) is 0.889. The number of ether oxygens (including phenoxy) is 1. The highest BCUT2D eigenvalue weighted by molar-refractivity contribution is 5.87. The van der Waals surface area contributed by atoms with Crippen LogP contribution in [-0.2, 0) is 0 Å². The second-order valence-electron chi connectivity index (χ2n) is 5.49. The molecule has 3 heteroatoms. The predicted octanol–water partition coefficient (Wildman–Crippen LogP) is 3.59. The number of carbonyl (C=O) groups is 1. The van der Waals surface area contributed by atoms with Crippen LogP contribution >= 0.6 is 0 Å². The number of hydrogen-bond acceptors (Lipinski definition) is 2. The lowest BCUT2D eigenvalue weighted by molar-refractivity contribution is 0.0697. The molecule has 1 fully saturated rings. The van der Waals surface area contributed by atoms with Crippen molar-refractivity contribution in [1.82, 2.24) is 0 Å². The number of carboxylic acids is 1. The molecule has 1 aliphatic carbocycles. The van der Waals surface area contributed by atoms with Gasteiger partial charge in [-0.25, -0.2) is 4.79 Å². The molecule has 1 aromatic rings. The summed E-state index contributed by atoms with van der Waals surface area (Å²) >= 11 is 0. The van der Waals surface area contributed by atoms with E-state index in [0.29, 0.717) is 17.4 Å². The topological polar surface area (TPSA) is 46.5 Å². The van der Waals surface area contributed by atoms with E-state index in [-0.39, 0.29) is 6.10 Å². The average molecular weight is 248 g/mol. The molecule has 0 amide bonds. The van der Waals surface area contributed by atoms with Crippen LogP contribution in [0, 0.1) is 11.8 Å². The van der Waals surface area contributed by atoms with Gasteiger partial charge in [0.1, 0.15) is 5.75 Å². The number of carboxylic acid groups (broad SMARTS) is 1. The van der Waals surface area contributed by atoms with Gasteiger partial charge in [0.05, 0.1) is 11.7 Å². The zero-order chi connectivity index (χ0) is 13.1. The SMILES string of the molecule is CC1CC(C)CC(Oc2ccc(C(=O)O)cc2)C1. The fourth-order valence-corrected chi connectivity index (χ4v) is 2.84. The molecule has 2 atom stereocenters. The van der Waals surface area contributed by atoms with Crippen LogP contribution in [0.2, 0.25) is 0 Å². The van der Waals surface area contributed by atoms with Crippen molar-refractivity contribution in [2.24, 2.45) is 11.8 Å². The summed E-state index contributed by atoms with van der Waals surface area (Å²) in [6.45, 7) is 4.53. The van der Waals surface area contributed by atoms with Crippen LogP contribution in [0.15, 0.2) is 24.3 Å². The summed E-state index contributed by atoms with van der Waals surface area (Å²) in [5, 5.41) is 8.83. The molecule has 98 valence electrons. The highest BCUT2D eigenvalue weighted by Gasteiger charge is 2.25. The third-order valence-electron chi connectivity index (χ3n) is 3.54. The van der Waals surface area contributed by atoms with Crippen molar-refractivity contribution in [2.75, 3.05) is 0 Å². The molecular weight excluding hydrogens is 228 g/mol. The molecule has 2 unspecified atom stereocenters. The molecule has 0 saturated heterocycles. The van der Waals surface area contributed by atoms with Gasteiger partial charge in [0, 0.05) is 0 Å². The summed E-state index contributed by atoms with van der Waals surface area (Å²) in [5.74, 6) is 1.28. The molecule has 0 aromatic heterocycles. The zero-order valence-electron chi connectivity index (χ0n) is 10.9. The van der Waals surface area contributed by atoms with Crippen LogP contribution < -0.4 is 4.74 Å². The van der Waals surface area contributed by atoms with Crippen molar-refractivity contribution >= 4 is 5.97 Å². The smallest absolute Gasteiger partial charge is 0.335 e. The maximum absolute atomic E-state index is 10.7. The Morgan fingerprint density at radius 1 is 1.11 bits per heavy atom. The van der Waals surface area contributed by atoms with Crippen molar-refractivity contribution in [1.29, 1.82) is 0 Å². The van der Waals surface area contributed by atoms with Crippen LogP contribution in [0.25, 0.3) is 0 Å². The van der Waals surface area contributed by atoms with E-state index >= 15 is 0 Å². The second-order valence-corrected chi connectivity index (χ2v) is 5.49. The first-order chi connectivity index (χ1) is 8.54. The molecule has 0 aliphatic heterocycles. The van der Waals surface area contributed by atoms with Gasteiger partial charge in [-0.15, -0.1) is 0 Å². The molecule has 1 saturated carbocycles. The number of hydrogen-bond donors (Lipinski definition) is 1. The molecule has 1 N–H and O–H groups in total. The van der Waals surface area contributed by atoms with E-state index in [4.69, 9.17) is 9.84 Å². The predicted molar refractivity (Wildman–Crippen MR) is 70.0 cm³/mol. The molecule has 2 rings (SSSR count). The van der Waals surface area contributed by atoms with Crippen LogP contribution in [0.5, 0.6) is 5.75 Å². The van der Waals surface area contributed by atoms with Crippen LogP contribution in [-0.4, -0.2) is 17.2 Å². The van der Waals surface area contributed by atoms with Crippen molar-refractivity contribution in [3.05, 3.63) is 29.8 Å². The Kier molecular flexibility index (Phi) is 3.90. The molecule has 1 aliphatic rings. The van der Waals surface area contributed by atoms with Crippen molar-refractivity contribution in [3.63, 3.8) is 0 Å². The lowest BCUT2D eigenvalue weighted by Gasteiger charge is -2.31. The van der Waals surface area contributed by atoms with Gasteiger partial charge in [0.25, 0.3) is 0 Å². The fourth-order valence-electron chi connectivity index (χ4n) is 2.84. The van der Waals surface area contributed by atoms with Crippen LogP contribution in [0.3, 0.4) is 0 Å². The molecule has 1 aromatic carbocycles. The highest BCUT2D eigenvalue weighted by Crippen LogP contribution is 2.31. The van der Waals surface area contributed by atoms with E-state index < -0.39 is 5.97 Å². The van der Waals surface area contributed by atoms with Gasteiger partial charge in [0.15, 0.2) is 0 Å². The van der Waals surface area contributed by atoms with E-state index in [0.717, 1.165) is 18.6 Å². The van der Waals surface area contributed by atoms with Crippen LogP contribution in [0.4, 0.5) is 0 Å².